The quantitative estimate of drug-likeness (QED) is 0.126. The van der Waals surface area contributed by atoms with Crippen LogP contribution in [0.4, 0.5) is 0 Å². The number of aliphatic hydroxyl groups excluding tert-OH is 4. The summed E-state index contributed by atoms with van der Waals surface area (Å²) in [7, 11) is 0. The Morgan fingerprint density at radius 3 is 2.48 bits per heavy atom. The van der Waals surface area contributed by atoms with E-state index in [4.69, 9.17) is 14.2 Å². The molecule has 12 nitrogen and oxygen atoms in total. The van der Waals surface area contributed by atoms with Gasteiger partial charge in [0.25, 0.3) is 0 Å². The van der Waals surface area contributed by atoms with Gasteiger partial charge in [-0.25, -0.2) is 4.79 Å². The van der Waals surface area contributed by atoms with Crippen molar-refractivity contribution in [2.45, 2.75) is 88.5 Å². The monoisotopic (exact) mass is 722 g/mol. The highest BCUT2D eigenvalue weighted by molar-refractivity contribution is 6.09. The highest BCUT2D eigenvalue weighted by Gasteiger charge is 2.56. The van der Waals surface area contributed by atoms with Gasteiger partial charge >= 0.3 is 5.97 Å². The topological polar surface area (TPSA) is 203 Å². The predicted molar refractivity (Wildman–Crippen MR) is 189 cm³/mol. The molecular formula is C40H50O12. The molecule has 0 spiro atoms. The van der Waals surface area contributed by atoms with Crippen molar-refractivity contribution in [1.82, 2.24) is 0 Å². The second-order valence-electron chi connectivity index (χ2n) is 14.8. The molecule has 52 heavy (non-hydrogen) atoms. The molecule has 7 N–H and O–H groups in total. The van der Waals surface area contributed by atoms with Gasteiger partial charge in [0.1, 0.15) is 35.4 Å². The van der Waals surface area contributed by atoms with Crippen LogP contribution in [0.1, 0.15) is 76.8 Å². The average molecular weight is 723 g/mol. The Kier molecular flexibility index (Phi) is 11.9. The Balaban J connectivity index is 1.25. The maximum Gasteiger partial charge on any atom is 0.335 e. The number of phenolic OH excluding ortho intramolecular Hbond substituents is 1. The summed E-state index contributed by atoms with van der Waals surface area (Å²) in [6, 6.07) is 13.5. The molecule has 2 aliphatic heterocycles. The third kappa shape index (κ3) is 7.56. The van der Waals surface area contributed by atoms with Gasteiger partial charge < -0.3 is 50.0 Å². The molecule has 6 rings (SSSR count). The summed E-state index contributed by atoms with van der Waals surface area (Å²) in [6.45, 7) is 2.17. The number of hydrogen-bond acceptors (Lipinski definition) is 11. The average Bonchev–Trinajstić information content (AvgIpc) is 3.13. The van der Waals surface area contributed by atoms with E-state index in [0.717, 1.165) is 30.9 Å². The first-order valence-electron chi connectivity index (χ1n) is 18.3. The van der Waals surface area contributed by atoms with Crippen LogP contribution in [0.3, 0.4) is 0 Å². The van der Waals surface area contributed by atoms with E-state index < -0.39 is 48.5 Å². The fraction of sp³-hybridized carbons (Fsp3) is 0.550. The molecule has 2 saturated heterocycles. The standard InChI is InChI=1S/C40H50O12/c1-22-16-27-17-28(38(47)48)18-30(34(27)35(44)32(22)29(43)11-10-23-6-3-2-4-7-23)51-39-36(45)37(46)40(49,31(19-42)52-39)14-12-24-8-5-9-25-20-50-21-26(13-15-41)33(24)25/h2-4,6-7,16-18,24-26,31,33,36-37,39,41-42,44-46,49H,5,8-15,19-21H2,1H3,(H,47,48)/t24-,25-,26+,31+,33+,36+,37+,39-,40+/m0/s1. The summed E-state index contributed by atoms with van der Waals surface area (Å²) >= 11 is 0. The van der Waals surface area contributed by atoms with Gasteiger partial charge in [-0.05, 0) is 91.3 Å². The van der Waals surface area contributed by atoms with Crippen molar-refractivity contribution < 1.29 is 59.5 Å². The van der Waals surface area contributed by atoms with Gasteiger partial charge in [-0.15, -0.1) is 0 Å². The first-order chi connectivity index (χ1) is 25.0. The van der Waals surface area contributed by atoms with Gasteiger partial charge in [-0.3, -0.25) is 4.79 Å². The molecule has 282 valence electrons. The third-order valence-electron chi connectivity index (χ3n) is 11.6. The molecule has 9 atom stereocenters. The summed E-state index contributed by atoms with van der Waals surface area (Å²) in [6.07, 6.45) is -2.22. The van der Waals surface area contributed by atoms with E-state index in [2.05, 4.69) is 0 Å². The summed E-state index contributed by atoms with van der Waals surface area (Å²) in [5.41, 5.74) is -0.842. The molecule has 0 radical (unpaired) electrons. The van der Waals surface area contributed by atoms with Crippen LogP contribution in [0.25, 0.3) is 10.8 Å². The maximum atomic E-state index is 13.5. The Labute approximate surface area is 302 Å². The van der Waals surface area contributed by atoms with Crippen LogP contribution in [0.15, 0.2) is 48.5 Å². The number of aliphatic hydroxyl groups is 5. The summed E-state index contributed by atoms with van der Waals surface area (Å²) < 4.78 is 17.8. The molecular weight excluding hydrogens is 672 g/mol. The second-order valence-corrected chi connectivity index (χ2v) is 14.8. The van der Waals surface area contributed by atoms with E-state index in [9.17, 15) is 45.3 Å². The first kappa shape index (κ1) is 38.1. The molecule has 2 heterocycles. The number of carbonyl (C=O) groups excluding carboxylic acids is 1. The Morgan fingerprint density at radius 1 is 1.00 bits per heavy atom. The van der Waals surface area contributed by atoms with Gasteiger partial charge in [0, 0.05) is 26.2 Å². The van der Waals surface area contributed by atoms with Crippen molar-refractivity contribution in [1.29, 1.82) is 0 Å². The molecule has 0 amide bonds. The van der Waals surface area contributed by atoms with Gasteiger partial charge in [0.2, 0.25) is 6.29 Å². The zero-order valence-electron chi connectivity index (χ0n) is 29.4. The second kappa shape index (κ2) is 16.2. The number of fused-ring (bicyclic) bond motifs is 2. The molecule has 1 aliphatic carbocycles. The SMILES string of the molecule is Cc1cc2cc(C(=O)O)cc(O[C@H]3O[C@H](CO)[C@](O)(CC[C@@H]4CCC[C@H]5COC[C@@H](CCO)[C@H]45)[C@H](O)[C@H]3O)c2c(O)c1C(=O)CCc1ccccc1. The van der Waals surface area contributed by atoms with Crippen molar-refractivity contribution in [3.05, 3.63) is 70.8 Å². The summed E-state index contributed by atoms with van der Waals surface area (Å²) in [5.74, 6) is -1.35. The van der Waals surface area contributed by atoms with Crippen molar-refractivity contribution >= 4 is 22.5 Å². The van der Waals surface area contributed by atoms with E-state index in [1.807, 2.05) is 30.3 Å². The molecule has 1 saturated carbocycles. The highest BCUT2D eigenvalue weighted by atomic mass is 16.7. The smallest absolute Gasteiger partial charge is 0.335 e. The largest absolute Gasteiger partial charge is 0.506 e. The summed E-state index contributed by atoms with van der Waals surface area (Å²) in [4.78, 5) is 25.6. The van der Waals surface area contributed by atoms with E-state index in [1.165, 1.54) is 6.07 Å². The van der Waals surface area contributed by atoms with Crippen LogP contribution in [-0.4, -0.2) is 104 Å². The molecule has 0 aromatic heterocycles. The molecule has 0 unspecified atom stereocenters. The predicted octanol–water partition coefficient (Wildman–Crippen LogP) is 3.76. The minimum absolute atomic E-state index is 0.00563. The van der Waals surface area contributed by atoms with Crippen LogP contribution in [0.2, 0.25) is 0 Å². The van der Waals surface area contributed by atoms with Crippen LogP contribution in [-0.2, 0) is 15.9 Å². The van der Waals surface area contributed by atoms with E-state index >= 15 is 0 Å². The van der Waals surface area contributed by atoms with Crippen molar-refractivity contribution in [2.24, 2.45) is 23.7 Å². The first-order valence-corrected chi connectivity index (χ1v) is 18.3. The lowest BCUT2D eigenvalue weighted by Gasteiger charge is -2.50. The zero-order chi connectivity index (χ0) is 37.2. The number of hydrogen-bond donors (Lipinski definition) is 7. The molecule has 3 aromatic rings. The number of carboxylic acids is 1. The number of ether oxygens (including phenoxy) is 3. The van der Waals surface area contributed by atoms with E-state index in [-0.39, 0.29) is 70.6 Å². The molecule has 3 aliphatic rings. The van der Waals surface area contributed by atoms with Gasteiger partial charge in [0.15, 0.2) is 5.78 Å². The van der Waals surface area contributed by atoms with Gasteiger partial charge in [-0.1, -0.05) is 49.2 Å². The fourth-order valence-corrected chi connectivity index (χ4v) is 9.00. The van der Waals surface area contributed by atoms with Crippen molar-refractivity contribution in [2.75, 3.05) is 26.4 Å². The lowest BCUT2D eigenvalue weighted by molar-refractivity contribution is -0.315. The molecule has 0 bridgehead atoms. The maximum absolute atomic E-state index is 13.5. The molecule has 3 aromatic carbocycles. The van der Waals surface area contributed by atoms with Crippen LogP contribution in [0.5, 0.6) is 11.5 Å². The Bertz CT molecular complexity index is 1720. The lowest BCUT2D eigenvalue weighted by atomic mass is 9.63. The normalized spacial score (nSPS) is 30.5. The number of phenols is 1. The van der Waals surface area contributed by atoms with Gasteiger partial charge in [0.05, 0.1) is 23.1 Å². The number of carbonyl (C=O) groups is 2. The highest BCUT2D eigenvalue weighted by Crippen LogP contribution is 2.47. The number of aromatic carboxylic acids is 1. The number of benzene rings is 3. The number of aryl methyl sites for hydroxylation is 2. The third-order valence-corrected chi connectivity index (χ3v) is 11.6. The van der Waals surface area contributed by atoms with E-state index in [1.54, 1.807) is 13.0 Å². The molecule has 3 fully saturated rings. The number of aromatic hydroxyl groups is 1. The minimum Gasteiger partial charge on any atom is -0.506 e. The van der Waals surface area contributed by atoms with E-state index in [0.29, 0.717) is 44.0 Å². The minimum atomic E-state index is -2.05. The van der Waals surface area contributed by atoms with Crippen molar-refractivity contribution in [3.8, 4) is 11.5 Å². The molecule has 12 heteroatoms. The summed E-state index contributed by atoms with van der Waals surface area (Å²) in [5, 5.41) is 76.5. The van der Waals surface area contributed by atoms with Crippen molar-refractivity contribution in [3.63, 3.8) is 0 Å². The number of ketones is 1. The van der Waals surface area contributed by atoms with Crippen LogP contribution in [0, 0.1) is 30.6 Å². The Morgan fingerprint density at radius 2 is 1.77 bits per heavy atom. The number of carboxylic acid groups (broad SMARTS) is 1. The zero-order valence-corrected chi connectivity index (χ0v) is 29.4. The Hall–Kier alpha value is -3.62. The van der Waals surface area contributed by atoms with Gasteiger partial charge in [-0.2, -0.15) is 0 Å². The van der Waals surface area contributed by atoms with Crippen LogP contribution < -0.4 is 4.74 Å². The van der Waals surface area contributed by atoms with Crippen LogP contribution >= 0.6 is 0 Å². The lowest BCUT2D eigenvalue weighted by Crippen LogP contribution is -2.68. The number of Topliss-reactive ketones (excluding diaryl/α,β-unsaturated/α-hetero) is 1. The fourth-order valence-electron chi connectivity index (χ4n) is 9.00. The number of rotatable bonds is 13.